The van der Waals surface area contributed by atoms with Crippen molar-refractivity contribution < 1.29 is 4.43 Å². The number of rotatable bonds is 3. The Morgan fingerprint density at radius 2 is 1.60 bits per heavy atom. The molecule has 0 unspecified atom stereocenters. The molecule has 0 fully saturated rings. The molecule has 0 radical (unpaired) electrons. The van der Waals surface area contributed by atoms with Gasteiger partial charge in [0.05, 0.1) is 17.7 Å². The molecule has 0 aliphatic rings. The van der Waals surface area contributed by atoms with E-state index in [0.717, 1.165) is 0 Å². The zero-order chi connectivity index (χ0) is 12.3. The summed E-state index contributed by atoms with van der Waals surface area (Å²) in [4.78, 5) is 0. The molecule has 0 atom stereocenters. The SMILES string of the molecule is CC(C)(C#N)/C=C/O[Si](C)(C)C(C)(C)C. The normalized spacial score (nSPS) is 14.0. The van der Waals surface area contributed by atoms with Gasteiger partial charge in [-0.3, -0.25) is 0 Å². The lowest BCUT2D eigenvalue weighted by atomic mass is 9.97. The second kappa shape index (κ2) is 4.40. The van der Waals surface area contributed by atoms with Crippen LogP contribution in [0.4, 0.5) is 0 Å². The van der Waals surface area contributed by atoms with Crippen molar-refractivity contribution in [1.82, 2.24) is 0 Å². The topological polar surface area (TPSA) is 33.0 Å². The number of hydrogen-bond acceptors (Lipinski definition) is 2. The summed E-state index contributed by atoms with van der Waals surface area (Å²) in [5, 5.41) is 9.04. The minimum Gasteiger partial charge on any atom is -0.549 e. The van der Waals surface area contributed by atoms with Crippen LogP contribution in [0.25, 0.3) is 0 Å². The molecule has 0 aromatic heterocycles. The Balaban J connectivity index is 4.49. The van der Waals surface area contributed by atoms with E-state index in [1.54, 1.807) is 6.26 Å². The quantitative estimate of drug-likeness (QED) is 0.536. The summed E-state index contributed by atoms with van der Waals surface area (Å²) < 4.78 is 5.84. The van der Waals surface area contributed by atoms with E-state index in [2.05, 4.69) is 39.9 Å². The van der Waals surface area contributed by atoms with Gasteiger partial charge < -0.3 is 4.43 Å². The van der Waals surface area contributed by atoms with E-state index >= 15 is 0 Å². The monoisotopic (exact) mass is 225 g/mol. The molecule has 15 heavy (non-hydrogen) atoms. The highest BCUT2D eigenvalue weighted by Crippen LogP contribution is 2.36. The molecule has 0 saturated carbocycles. The lowest BCUT2D eigenvalue weighted by molar-refractivity contribution is 0.422. The van der Waals surface area contributed by atoms with E-state index in [-0.39, 0.29) is 5.04 Å². The summed E-state index contributed by atoms with van der Waals surface area (Å²) in [6.07, 6.45) is 3.54. The second-order valence-electron chi connectivity index (χ2n) is 6.01. The van der Waals surface area contributed by atoms with Crippen molar-refractivity contribution >= 4 is 8.32 Å². The van der Waals surface area contributed by atoms with Crippen molar-refractivity contribution in [3.8, 4) is 6.07 Å². The zero-order valence-electron chi connectivity index (χ0n) is 11.0. The fraction of sp³-hybridized carbons (Fsp3) is 0.750. The fourth-order valence-electron chi connectivity index (χ4n) is 0.588. The van der Waals surface area contributed by atoms with Crippen molar-refractivity contribution in [3.63, 3.8) is 0 Å². The Labute approximate surface area is 95.1 Å². The maximum atomic E-state index is 8.84. The van der Waals surface area contributed by atoms with E-state index in [1.165, 1.54) is 0 Å². The molecule has 2 nitrogen and oxygen atoms in total. The van der Waals surface area contributed by atoms with Crippen LogP contribution in [0.5, 0.6) is 0 Å². The fourth-order valence-corrected chi connectivity index (χ4v) is 1.35. The van der Waals surface area contributed by atoms with Gasteiger partial charge in [0.25, 0.3) is 0 Å². The molecule has 0 aliphatic heterocycles. The Hall–Kier alpha value is -0.753. The molecule has 0 aliphatic carbocycles. The smallest absolute Gasteiger partial charge is 0.249 e. The Kier molecular flexibility index (Phi) is 4.18. The van der Waals surface area contributed by atoms with E-state index in [0.29, 0.717) is 0 Å². The van der Waals surface area contributed by atoms with Gasteiger partial charge in [-0.15, -0.1) is 0 Å². The summed E-state index contributed by atoms with van der Waals surface area (Å²) in [6, 6.07) is 2.21. The average molecular weight is 225 g/mol. The molecule has 0 saturated heterocycles. The maximum absolute atomic E-state index is 8.84. The first-order valence-electron chi connectivity index (χ1n) is 5.29. The van der Waals surface area contributed by atoms with Gasteiger partial charge in [-0.25, -0.2) is 0 Å². The van der Waals surface area contributed by atoms with E-state index < -0.39 is 13.7 Å². The van der Waals surface area contributed by atoms with Gasteiger partial charge in [0.2, 0.25) is 8.32 Å². The van der Waals surface area contributed by atoms with Crippen LogP contribution in [0, 0.1) is 16.7 Å². The average Bonchev–Trinajstić information content (AvgIpc) is 2.01. The molecule has 0 rings (SSSR count). The van der Waals surface area contributed by atoms with Crippen molar-refractivity contribution in [2.24, 2.45) is 5.41 Å². The van der Waals surface area contributed by atoms with Crippen molar-refractivity contribution in [3.05, 3.63) is 12.3 Å². The van der Waals surface area contributed by atoms with Crippen molar-refractivity contribution in [1.29, 1.82) is 5.26 Å². The molecule has 0 amide bonds. The number of hydrogen-bond donors (Lipinski definition) is 0. The third-order valence-corrected chi connectivity index (χ3v) is 7.28. The Morgan fingerprint density at radius 3 is 1.93 bits per heavy atom. The molecular weight excluding hydrogens is 202 g/mol. The minimum absolute atomic E-state index is 0.203. The molecule has 0 bridgehead atoms. The summed E-state index contributed by atoms with van der Waals surface area (Å²) in [5.41, 5.74) is -0.442. The predicted octanol–water partition coefficient (Wildman–Crippen LogP) is 4.07. The summed E-state index contributed by atoms with van der Waals surface area (Å²) in [6.45, 7) is 14.7. The van der Waals surface area contributed by atoms with Crippen LogP contribution < -0.4 is 0 Å². The zero-order valence-corrected chi connectivity index (χ0v) is 12.0. The predicted molar refractivity (Wildman–Crippen MR) is 66.8 cm³/mol. The third kappa shape index (κ3) is 4.52. The highest BCUT2D eigenvalue weighted by molar-refractivity contribution is 6.74. The Bertz CT molecular complexity index is 279. The van der Waals surface area contributed by atoms with Gasteiger partial charge in [0.15, 0.2) is 0 Å². The number of nitrogens with zero attached hydrogens (tertiary/aromatic N) is 1. The van der Waals surface area contributed by atoms with E-state index in [1.807, 2.05) is 19.9 Å². The van der Waals surface area contributed by atoms with Gasteiger partial charge in [0, 0.05) is 0 Å². The lowest BCUT2D eigenvalue weighted by Crippen LogP contribution is -2.39. The van der Waals surface area contributed by atoms with Gasteiger partial charge in [-0.05, 0) is 38.1 Å². The molecule has 86 valence electrons. The van der Waals surface area contributed by atoms with Crippen LogP contribution in [0.1, 0.15) is 34.6 Å². The molecule has 0 heterocycles. The number of nitriles is 1. The first kappa shape index (κ1) is 14.2. The summed E-state index contributed by atoms with van der Waals surface area (Å²) in [5.74, 6) is 0. The summed E-state index contributed by atoms with van der Waals surface area (Å²) in [7, 11) is -1.71. The molecule has 0 N–H and O–H groups in total. The number of allylic oxidation sites excluding steroid dienone is 1. The third-order valence-electron chi connectivity index (χ3n) is 2.94. The minimum atomic E-state index is -1.71. The molecule has 3 heteroatoms. The van der Waals surface area contributed by atoms with Crippen LogP contribution in [0.15, 0.2) is 12.3 Å². The van der Waals surface area contributed by atoms with Gasteiger partial charge >= 0.3 is 0 Å². The van der Waals surface area contributed by atoms with Crippen LogP contribution in [-0.2, 0) is 4.43 Å². The van der Waals surface area contributed by atoms with E-state index in [4.69, 9.17) is 9.69 Å². The van der Waals surface area contributed by atoms with Crippen LogP contribution in [0.3, 0.4) is 0 Å². The first-order valence-corrected chi connectivity index (χ1v) is 8.19. The lowest BCUT2D eigenvalue weighted by Gasteiger charge is -2.35. The second-order valence-corrected chi connectivity index (χ2v) is 10.8. The van der Waals surface area contributed by atoms with Crippen LogP contribution in [0.2, 0.25) is 18.1 Å². The molecule has 0 aromatic rings. The Morgan fingerprint density at radius 1 is 1.13 bits per heavy atom. The van der Waals surface area contributed by atoms with Gasteiger partial charge in [0.1, 0.15) is 0 Å². The molecular formula is C12H23NOSi. The van der Waals surface area contributed by atoms with E-state index in [9.17, 15) is 0 Å². The van der Waals surface area contributed by atoms with Crippen molar-refractivity contribution in [2.45, 2.75) is 52.8 Å². The highest BCUT2D eigenvalue weighted by Gasteiger charge is 2.38. The van der Waals surface area contributed by atoms with Gasteiger partial charge in [-0.1, -0.05) is 20.8 Å². The van der Waals surface area contributed by atoms with Gasteiger partial charge in [-0.2, -0.15) is 5.26 Å². The largest absolute Gasteiger partial charge is 0.549 e. The van der Waals surface area contributed by atoms with Crippen LogP contribution >= 0.6 is 0 Å². The molecule has 0 aromatic carbocycles. The first-order chi connectivity index (χ1) is 6.52. The molecule has 0 spiro atoms. The highest BCUT2D eigenvalue weighted by atomic mass is 28.4. The standard InChI is InChI=1S/C12H23NOSi/c1-11(2,3)15(6,7)14-9-8-12(4,5)10-13/h8-9H,1-7H3/b9-8+. The maximum Gasteiger partial charge on any atom is 0.249 e. The van der Waals surface area contributed by atoms with Crippen LogP contribution in [-0.4, -0.2) is 8.32 Å². The summed E-state index contributed by atoms with van der Waals surface area (Å²) >= 11 is 0. The van der Waals surface area contributed by atoms with Crippen molar-refractivity contribution in [2.75, 3.05) is 0 Å².